The van der Waals surface area contributed by atoms with Crippen molar-refractivity contribution in [1.82, 2.24) is 15.0 Å². The molecule has 0 unspecified atom stereocenters. The summed E-state index contributed by atoms with van der Waals surface area (Å²) in [7, 11) is -3.83. The maximum Gasteiger partial charge on any atom is 0.270 e. The van der Waals surface area contributed by atoms with Crippen LogP contribution < -0.4 is 10.0 Å². The van der Waals surface area contributed by atoms with E-state index < -0.39 is 21.7 Å². The summed E-state index contributed by atoms with van der Waals surface area (Å²) in [6, 6.07) is 16.8. The van der Waals surface area contributed by atoms with Gasteiger partial charge in [-0.3, -0.25) is 4.79 Å². The maximum atomic E-state index is 13.3. The van der Waals surface area contributed by atoms with Crippen LogP contribution >= 0.6 is 0 Å². The number of rotatable bonds is 7. The predicted octanol–water partition coefficient (Wildman–Crippen LogP) is 2.81. The van der Waals surface area contributed by atoms with Crippen LogP contribution in [0.3, 0.4) is 0 Å². The van der Waals surface area contributed by atoms with Crippen LogP contribution in [0, 0.1) is 24.1 Å². The molecule has 158 valence electrons. The minimum absolute atomic E-state index is 0.0306. The molecule has 0 aliphatic carbocycles. The molecule has 0 aliphatic heterocycles. The molecule has 1 aromatic heterocycles. The lowest BCUT2D eigenvalue weighted by Crippen LogP contribution is -2.25. The highest BCUT2D eigenvalue weighted by molar-refractivity contribution is 7.89. The van der Waals surface area contributed by atoms with Gasteiger partial charge in [-0.05, 0) is 54.4 Å². The molecular weight excluding hydrogens is 419 g/mol. The third-order valence-corrected chi connectivity index (χ3v) is 5.85. The maximum absolute atomic E-state index is 13.3. The number of nitrogens with one attached hydrogen (secondary N) is 2. The number of pyridine rings is 1. The lowest BCUT2D eigenvalue weighted by molar-refractivity contribution is 0.0945. The first-order chi connectivity index (χ1) is 14.8. The fraction of sp³-hybridized carbons (Fsp3) is 0.136. The van der Waals surface area contributed by atoms with Crippen LogP contribution in [0.15, 0.2) is 65.6 Å². The number of benzene rings is 2. The molecule has 0 saturated carbocycles. The van der Waals surface area contributed by atoms with Gasteiger partial charge in [-0.2, -0.15) is 5.26 Å². The third kappa shape index (κ3) is 5.72. The Morgan fingerprint density at radius 1 is 1.06 bits per heavy atom. The van der Waals surface area contributed by atoms with Crippen molar-refractivity contribution in [3.63, 3.8) is 0 Å². The van der Waals surface area contributed by atoms with Gasteiger partial charge in [0, 0.05) is 13.1 Å². The third-order valence-electron chi connectivity index (χ3n) is 4.46. The van der Waals surface area contributed by atoms with E-state index in [-0.39, 0.29) is 23.7 Å². The second-order valence-electron chi connectivity index (χ2n) is 6.73. The number of nitrogens with zero attached hydrogens (tertiary/aromatic N) is 2. The summed E-state index contributed by atoms with van der Waals surface area (Å²) in [6.07, 6.45) is 0. The van der Waals surface area contributed by atoms with Crippen molar-refractivity contribution in [3.8, 4) is 6.07 Å². The number of aryl methyl sites for hydroxylation is 1. The van der Waals surface area contributed by atoms with Crippen molar-refractivity contribution < 1.29 is 17.6 Å². The van der Waals surface area contributed by atoms with Crippen molar-refractivity contribution in [1.29, 1.82) is 5.26 Å². The van der Waals surface area contributed by atoms with Gasteiger partial charge in [0.15, 0.2) is 0 Å². The first-order valence-corrected chi connectivity index (χ1v) is 10.8. The standard InChI is InChI=1S/C22H19FN4O3S/c1-15-18(12-24)8-9-21(27-15)22(28)25-13-17-5-3-7-20(11-17)31(29,30)26-14-16-4-2-6-19(23)10-16/h2-11,26H,13-14H2,1H3,(H,25,28). The number of hydrogen-bond donors (Lipinski definition) is 2. The number of halogens is 1. The summed E-state index contributed by atoms with van der Waals surface area (Å²) in [6.45, 7) is 1.68. The minimum atomic E-state index is -3.83. The average molecular weight is 438 g/mol. The van der Waals surface area contributed by atoms with Gasteiger partial charge in [0.2, 0.25) is 10.0 Å². The molecule has 9 heteroatoms. The van der Waals surface area contributed by atoms with Crippen molar-refractivity contribution >= 4 is 15.9 Å². The molecular formula is C22H19FN4O3S. The Morgan fingerprint density at radius 3 is 2.45 bits per heavy atom. The Bertz CT molecular complexity index is 1270. The Balaban J connectivity index is 1.66. The summed E-state index contributed by atoms with van der Waals surface area (Å²) in [5, 5.41) is 11.6. The lowest BCUT2D eigenvalue weighted by atomic mass is 10.2. The first kappa shape index (κ1) is 22.1. The number of amides is 1. The predicted molar refractivity (Wildman–Crippen MR) is 112 cm³/mol. The molecule has 0 atom stereocenters. The van der Waals surface area contributed by atoms with Crippen molar-refractivity contribution in [2.75, 3.05) is 0 Å². The highest BCUT2D eigenvalue weighted by Crippen LogP contribution is 2.13. The summed E-state index contributed by atoms with van der Waals surface area (Å²) in [5.41, 5.74) is 2.08. The zero-order chi connectivity index (χ0) is 22.4. The topological polar surface area (TPSA) is 112 Å². The van der Waals surface area contributed by atoms with E-state index in [9.17, 15) is 17.6 Å². The summed E-state index contributed by atoms with van der Waals surface area (Å²) in [4.78, 5) is 16.5. The molecule has 3 rings (SSSR count). The van der Waals surface area contributed by atoms with Gasteiger partial charge in [-0.25, -0.2) is 22.5 Å². The van der Waals surface area contributed by atoms with Crippen LogP contribution in [-0.2, 0) is 23.1 Å². The van der Waals surface area contributed by atoms with E-state index in [1.807, 2.05) is 6.07 Å². The van der Waals surface area contributed by atoms with E-state index in [1.54, 1.807) is 25.1 Å². The normalized spacial score (nSPS) is 11.0. The van der Waals surface area contributed by atoms with E-state index >= 15 is 0 Å². The van der Waals surface area contributed by atoms with Crippen LogP contribution in [0.5, 0.6) is 0 Å². The molecule has 7 nitrogen and oxygen atoms in total. The van der Waals surface area contributed by atoms with E-state index in [2.05, 4.69) is 15.0 Å². The van der Waals surface area contributed by atoms with Gasteiger partial charge < -0.3 is 5.32 Å². The fourth-order valence-electron chi connectivity index (χ4n) is 2.81. The van der Waals surface area contributed by atoms with Gasteiger partial charge in [0.25, 0.3) is 5.91 Å². The highest BCUT2D eigenvalue weighted by Gasteiger charge is 2.15. The molecule has 2 aromatic carbocycles. The van der Waals surface area contributed by atoms with Gasteiger partial charge in [0.1, 0.15) is 17.6 Å². The van der Waals surface area contributed by atoms with Crippen molar-refractivity contribution in [2.45, 2.75) is 24.9 Å². The fourth-order valence-corrected chi connectivity index (χ4v) is 3.90. The number of carbonyl (C=O) groups excluding carboxylic acids is 1. The van der Waals surface area contributed by atoms with Crippen molar-refractivity contribution in [2.24, 2.45) is 0 Å². The van der Waals surface area contributed by atoms with Crippen LogP contribution in [0.25, 0.3) is 0 Å². The quantitative estimate of drug-likeness (QED) is 0.589. The van der Waals surface area contributed by atoms with E-state index in [4.69, 9.17) is 5.26 Å². The van der Waals surface area contributed by atoms with Crippen molar-refractivity contribution in [3.05, 3.63) is 94.6 Å². The Kier molecular flexibility index (Phi) is 6.74. The molecule has 0 aliphatic rings. The van der Waals surface area contributed by atoms with Crippen LogP contribution in [-0.4, -0.2) is 19.3 Å². The van der Waals surface area contributed by atoms with Crippen LogP contribution in [0.2, 0.25) is 0 Å². The van der Waals surface area contributed by atoms with Crippen LogP contribution in [0.1, 0.15) is 32.9 Å². The number of hydrogen-bond acceptors (Lipinski definition) is 5. The molecule has 31 heavy (non-hydrogen) atoms. The largest absolute Gasteiger partial charge is 0.347 e. The molecule has 0 radical (unpaired) electrons. The second-order valence-corrected chi connectivity index (χ2v) is 8.49. The molecule has 1 heterocycles. The zero-order valence-electron chi connectivity index (χ0n) is 16.6. The Labute approximate surface area is 179 Å². The van der Waals surface area contributed by atoms with E-state index in [0.29, 0.717) is 22.4 Å². The Hall–Kier alpha value is -3.61. The molecule has 0 bridgehead atoms. The smallest absolute Gasteiger partial charge is 0.270 e. The summed E-state index contributed by atoms with van der Waals surface area (Å²) in [5.74, 6) is -0.883. The molecule has 1 amide bonds. The number of nitriles is 1. The Morgan fingerprint density at radius 2 is 1.77 bits per heavy atom. The van der Waals surface area contributed by atoms with Crippen LogP contribution in [0.4, 0.5) is 4.39 Å². The number of sulfonamides is 1. The molecule has 0 spiro atoms. The summed E-state index contributed by atoms with van der Waals surface area (Å²) < 4.78 is 40.8. The number of carbonyl (C=O) groups is 1. The molecule has 2 N–H and O–H groups in total. The molecule has 3 aromatic rings. The first-order valence-electron chi connectivity index (χ1n) is 9.27. The van der Waals surface area contributed by atoms with Gasteiger partial charge in [-0.15, -0.1) is 0 Å². The average Bonchev–Trinajstić information content (AvgIpc) is 2.76. The molecule has 0 saturated heterocycles. The molecule has 0 fully saturated rings. The lowest BCUT2D eigenvalue weighted by Gasteiger charge is -2.10. The summed E-state index contributed by atoms with van der Waals surface area (Å²) >= 11 is 0. The zero-order valence-corrected chi connectivity index (χ0v) is 17.4. The van der Waals surface area contributed by atoms with Gasteiger partial charge in [0.05, 0.1) is 16.2 Å². The van der Waals surface area contributed by atoms with E-state index in [0.717, 1.165) is 0 Å². The highest BCUT2D eigenvalue weighted by atomic mass is 32.2. The van der Waals surface area contributed by atoms with E-state index in [1.165, 1.54) is 42.5 Å². The SMILES string of the molecule is Cc1nc(C(=O)NCc2cccc(S(=O)(=O)NCc3cccc(F)c3)c2)ccc1C#N. The van der Waals surface area contributed by atoms with Gasteiger partial charge in [-0.1, -0.05) is 24.3 Å². The second kappa shape index (κ2) is 9.47. The van der Waals surface area contributed by atoms with Gasteiger partial charge >= 0.3 is 0 Å². The minimum Gasteiger partial charge on any atom is -0.347 e. The number of aromatic nitrogens is 1. The monoisotopic (exact) mass is 438 g/mol.